The summed E-state index contributed by atoms with van der Waals surface area (Å²) in [5.41, 5.74) is 2.47. The van der Waals surface area contributed by atoms with E-state index >= 15 is 0 Å². The van der Waals surface area contributed by atoms with Crippen LogP contribution < -0.4 is 10.9 Å². The van der Waals surface area contributed by atoms with Crippen LogP contribution in [0.25, 0.3) is 11.4 Å². The lowest BCUT2D eigenvalue weighted by atomic mass is 10.1. The van der Waals surface area contributed by atoms with E-state index in [1.54, 1.807) is 0 Å². The first kappa shape index (κ1) is 15.7. The second-order valence-corrected chi connectivity index (χ2v) is 5.51. The second kappa shape index (κ2) is 6.91. The van der Waals surface area contributed by atoms with E-state index in [-0.39, 0.29) is 5.56 Å². The Labute approximate surface area is 139 Å². The SMILES string of the molecule is Cc1ccc(CNC(=O)c2cnc(-c3ccccc3)[nH]c2=O)cc1. The number of benzene rings is 2. The van der Waals surface area contributed by atoms with Gasteiger partial charge in [0.2, 0.25) is 0 Å². The standard InChI is InChI=1S/C19H17N3O2/c1-13-7-9-14(10-8-13)11-21-18(23)16-12-20-17(22-19(16)24)15-5-3-2-4-6-15/h2-10,12H,11H2,1H3,(H,21,23)(H,20,22,24). The highest BCUT2D eigenvalue weighted by atomic mass is 16.2. The van der Waals surface area contributed by atoms with Crippen LogP contribution >= 0.6 is 0 Å². The number of amides is 1. The van der Waals surface area contributed by atoms with Crippen LogP contribution in [-0.2, 0) is 6.54 Å². The third-order valence-corrected chi connectivity index (χ3v) is 3.66. The van der Waals surface area contributed by atoms with Gasteiger partial charge in [0.1, 0.15) is 11.4 Å². The minimum absolute atomic E-state index is 0.00166. The van der Waals surface area contributed by atoms with E-state index in [0.29, 0.717) is 12.4 Å². The van der Waals surface area contributed by atoms with Gasteiger partial charge in [-0.05, 0) is 12.5 Å². The summed E-state index contributed by atoms with van der Waals surface area (Å²) in [7, 11) is 0. The fraction of sp³-hybridized carbons (Fsp3) is 0.105. The number of aromatic amines is 1. The summed E-state index contributed by atoms with van der Waals surface area (Å²) in [4.78, 5) is 31.2. The average molecular weight is 319 g/mol. The number of rotatable bonds is 4. The quantitative estimate of drug-likeness (QED) is 0.776. The summed E-state index contributed by atoms with van der Waals surface area (Å²) >= 11 is 0. The number of carbonyl (C=O) groups excluding carboxylic acids is 1. The molecule has 0 aliphatic heterocycles. The van der Waals surface area contributed by atoms with Crippen molar-refractivity contribution in [2.24, 2.45) is 0 Å². The first-order chi connectivity index (χ1) is 11.6. The van der Waals surface area contributed by atoms with Crippen LogP contribution in [0, 0.1) is 6.92 Å². The molecule has 5 heteroatoms. The Balaban J connectivity index is 1.73. The first-order valence-electron chi connectivity index (χ1n) is 7.62. The van der Waals surface area contributed by atoms with Crippen LogP contribution in [0.1, 0.15) is 21.5 Å². The van der Waals surface area contributed by atoms with Crippen molar-refractivity contribution in [3.63, 3.8) is 0 Å². The van der Waals surface area contributed by atoms with Crippen molar-refractivity contribution in [1.82, 2.24) is 15.3 Å². The Kier molecular flexibility index (Phi) is 4.52. The van der Waals surface area contributed by atoms with Crippen molar-refractivity contribution in [2.75, 3.05) is 0 Å². The lowest BCUT2D eigenvalue weighted by Crippen LogP contribution is -2.29. The Bertz CT molecular complexity index is 900. The monoisotopic (exact) mass is 319 g/mol. The minimum atomic E-state index is -0.453. The van der Waals surface area contributed by atoms with E-state index < -0.39 is 11.5 Å². The van der Waals surface area contributed by atoms with E-state index in [2.05, 4.69) is 15.3 Å². The molecule has 0 fully saturated rings. The third kappa shape index (κ3) is 3.57. The summed E-state index contributed by atoms with van der Waals surface area (Å²) in [6, 6.07) is 17.1. The zero-order chi connectivity index (χ0) is 16.9. The van der Waals surface area contributed by atoms with Crippen molar-refractivity contribution in [3.05, 3.63) is 87.8 Å². The molecule has 1 heterocycles. The molecule has 0 radical (unpaired) electrons. The van der Waals surface area contributed by atoms with Crippen molar-refractivity contribution in [3.8, 4) is 11.4 Å². The molecule has 5 nitrogen and oxygen atoms in total. The highest BCUT2D eigenvalue weighted by molar-refractivity contribution is 5.93. The molecule has 0 saturated carbocycles. The van der Waals surface area contributed by atoms with Crippen LogP contribution in [0.15, 0.2) is 65.6 Å². The van der Waals surface area contributed by atoms with Crippen molar-refractivity contribution >= 4 is 5.91 Å². The molecule has 0 aliphatic carbocycles. The molecule has 2 N–H and O–H groups in total. The van der Waals surface area contributed by atoms with Gasteiger partial charge in [0.25, 0.3) is 11.5 Å². The van der Waals surface area contributed by atoms with Gasteiger partial charge < -0.3 is 10.3 Å². The largest absolute Gasteiger partial charge is 0.348 e. The highest BCUT2D eigenvalue weighted by Gasteiger charge is 2.12. The number of carbonyl (C=O) groups is 1. The zero-order valence-electron chi connectivity index (χ0n) is 13.2. The van der Waals surface area contributed by atoms with Crippen LogP contribution in [0.3, 0.4) is 0 Å². The van der Waals surface area contributed by atoms with E-state index in [9.17, 15) is 9.59 Å². The maximum Gasteiger partial charge on any atom is 0.264 e. The topological polar surface area (TPSA) is 74.8 Å². The number of H-pyrrole nitrogens is 1. The summed E-state index contributed by atoms with van der Waals surface area (Å²) in [6.45, 7) is 2.36. The average Bonchev–Trinajstić information content (AvgIpc) is 2.61. The Hall–Kier alpha value is -3.21. The minimum Gasteiger partial charge on any atom is -0.348 e. The molecule has 1 aromatic heterocycles. The smallest absolute Gasteiger partial charge is 0.264 e. The third-order valence-electron chi connectivity index (χ3n) is 3.66. The van der Waals surface area contributed by atoms with Gasteiger partial charge in [0.05, 0.1) is 0 Å². The normalized spacial score (nSPS) is 10.4. The van der Waals surface area contributed by atoms with Gasteiger partial charge in [0.15, 0.2) is 0 Å². The summed E-state index contributed by atoms with van der Waals surface area (Å²) in [5, 5.41) is 2.74. The van der Waals surface area contributed by atoms with Crippen molar-refractivity contribution in [2.45, 2.75) is 13.5 Å². The number of hydrogen-bond donors (Lipinski definition) is 2. The van der Waals surface area contributed by atoms with Crippen molar-refractivity contribution in [1.29, 1.82) is 0 Å². The summed E-state index contributed by atoms with van der Waals surface area (Å²) in [5.74, 6) is -0.000351. The molecule has 0 aliphatic rings. The molecule has 0 unspecified atom stereocenters. The molecule has 0 bridgehead atoms. The predicted octanol–water partition coefficient (Wildman–Crippen LogP) is 2.68. The van der Waals surface area contributed by atoms with E-state index in [4.69, 9.17) is 0 Å². The number of aryl methyl sites for hydroxylation is 1. The van der Waals surface area contributed by atoms with Crippen molar-refractivity contribution < 1.29 is 4.79 Å². The molecule has 0 saturated heterocycles. The summed E-state index contributed by atoms with van der Waals surface area (Å²) < 4.78 is 0. The van der Waals surface area contributed by atoms with Crippen LogP contribution in [0.5, 0.6) is 0 Å². The maximum absolute atomic E-state index is 12.2. The van der Waals surface area contributed by atoms with Gasteiger partial charge in [-0.3, -0.25) is 9.59 Å². The highest BCUT2D eigenvalue weighted by Crippen LogP contribution is 2.11. The second-order valence-electron chi connectivity index (χ2n) is 5.51. The molecular weight excluding hydrogens is 302 g/mol. The fourth-order valence-corrected chi connectivity index (χ4v) is 2.28. The lowest BCUT2D eigenvalue weighted by Gasteiger charge is -2.06. The number of nitrogens with zero attached hydrogens (tertiary/aromatic N) is 1. The van der Waals surface area contributed by atoms with Gasteiger partial charge >= 0.3 is 0 Å². The van der Waals surface area contributed by atoms with Gasteiger partial charge in [-0.25, -0.2) is 4.98 Å². The van der Waals surface area contributed by atoms with Gasteiger partial charge in [-0.15, -0.1) is 0 Å². The number of aromatic nitrogens is 2. The van der Waals surface area contributed by atoms with E-state index in [1.807, 2.05) is 61.5 Å². The van der Waals surface area contributed by atoms with Crippen LogP contribution in [0.4, 0.5) is 0 Å². The zero-order valence-corrected chi connectivity index (χ0v) is 13.2. The molecule has 0 spiro atoms. The molecule has 3 rings (SSSR count). The predicted molar refractivity (Wildman–Crippen MR) is 92.6 cm³/mol. The van der Waals surface area contributed by atoms with Crippen LogP contribution in [0.2, 0.25) is 0 Å². The van der Waals surface area contributed by atoms with Gasteiger partial charge in [0, 0.05) is 18.3 Å². The molecule has 120 valence electrons. The fourth-order valence-electron chi connectivity index (χ4n) is 2.28. The lowest BCUT2D eigenvalue weighted by molar-refractivity contribution is 0.0949. The molecule has 2 aromatic carbocycles. The van der Waals surface area contributed by atoms with Crippen LogP contribution in [-0.4, -0.2) is 15.9 Å². The first-order valence-corrected chi connectivity index (χ1v) is 7.62. The Morgan fingerprint density at radius 1 is 1.08 bits per heavy atom. The molecule has 1 amide bonds. The van der Waals surface area contributed by atoms with E-state index in [0.717, 1.165) is 16.7 Å². The number of nitrogens with one attached hydrogen (secondary N) is 2. The molecular formula is C19H17N3O2. The Morgan fingerprint density at radius 3 is 2.46 bits per heavy atom. The van der Waals surface area contributed by atoms with E-state index in [1.165, 1.54) is 6.20 Å². The van der Waals surface area contributed by atoms with Gasteiger partial charge in [-0.1, -0.05) is 60.2 Å². The summed E-state index contributed by atoms with van der Waals surface area (Å²) in [6.07, 6.45) is 1.31. The molecule has 24 heavy (non-hydrogen) atoms. The molecule has 3 aromatic rings. The van der Waals surface area contributed by atoms with Gasteiger partial charge in [-0.2, -0.15) is 0 Å². The number of hydrogen-bond acceptors (Lipinski definition) is 3. The Morgan fingerprint density at radius 2 is 1.79 bits per heavy atom. The molecule has 0 atom stereocenters. The maximum atomic E-state index is 12.2.